The van der Waals surface area contributed by atoms with E-state index in [9.17, 15) is 18.0 Å². The number of carbonyl (C=O) groups is 2. The normalized spacial score (nSPS) is 12.2. The van der Waals surface area contributed by atoms with Crippen LogP contribution in [0.1, 0.15) is 43.4 Å². The highest BCUT2D eigenvalue weighted by atomic mass is 32.2. The minimum absolute atomic E-state index is 0.0836. The van der Waals surface area contributed by atoms with Gasteiger partial charge in [0.2, 0.25) is 11.8 Å². The molecular formula is C29H35N3O4S. The summed E-state index contributed by atoms with van der Waals surface area (Å²) < 4.78 is 28.6. The predicted octanol–water partition coefficient (Wildman–Crippen LogP) is 4.48. The number of carbonyl (C=O) groups excluding carboxylic acids is 2. The highest BCUT2D eigenvalue weighted by molar-refractivity contribution is 7.92. The number of rotatable bonds is 10. The Morgan fingerprint density at radius 1 is 0.892 bits per heavy atom. The minimum atomic E-state index is -4.06. The fourth-order valence-electron chi connectivity index (χ4n) is 4.07. The minimum Gasteiger partial charge on any atom is -0.357 e. The van der Waals surface area contributed by atoms with Crippen molar-refractivity contribution in [2.75, 3.05) is 17.9 Å². The van der Waals surface area contributed by atoms with Gasteiger partial charge < -0.3 is 10.2 Å². The molecule has 0 aliphatic rings. The van der Waals surface area contributed by atoms with Crippen LogP contribution in [0.25, 0.3) is 0 Å². The Labute approximate surface area is 220 Å². The molecular weight excluding hydrogens is 486 g/mol. The molecule has 0 saturated heterocycles. The molecule has 0 fully saturated rings. The van der Waals surface area contributed by atoms with E-state index < -0.39 is 28.5 Å². The zero-order valence-electron chi connectivity index (χ0n) is 22.0. The van der Waals surface area contributed by atoms with Gasteiger partial charge in [0.05, 0.1) is 10.6 Å². The van der Waals surface area contributed by atoms with E-state index in [1.807, 2.05) is 43.3 Å². The van der Waals surface area contributed by atoms with Crippen LogP contribution in [0.5, 0.6) is 0 Å². The number of nitrogens with zero attached hydrogens (tertiary/aromatic N) is 2. The fourth-order valence-corrected chi connectivity index (χ4v) is 5.51. The van der Waals surface area contributed by atoms with E-state index in [0.717, 1.165) is 21.0 Å². The third-order valence-corrected chi connectivity index (χ3v) is 8.09. The number of sulfonamides is 1. The van der Waals surface area contributed by atoms with Crippen molar-refractivity contribution in [1.29, 1.82) is 0 Å². The lowest BCUT2D eigenvalue weighted by atomic mass is 10.0. The molecule has 0 aliphatic carbocycles. The lowest BCUT2D eigenvalue weighted by Gasteiger charge is -2.32. The van der Waals surface area contributed by atoms with Gasteiger partial charge >= 0.3 is 0 Å². The van der Waals surface area contributed by atoms with Gasteiger partial charge in [-0.1, -0.05) is 74.0 Å². The van der Waals surface area contributed by atoms with E-state index in [2.05, 4.69) is 19.2 Å². The maximum absolute atomic E-state index is 13.8. The number of likely N-dealkylation sites (N-methyl/N-ethyl adjacent to an activating group) is 1. The van der Waals surface area contributed by atoms with Crippen molar-refractivity contribution in [3.05, 3.63) is 95.6 Å². The quantitative estimate of drug-likeness (QED) is 0.426. The molecule has 0 aromatic heterocycles. The maximum atomic E-state index is 13.8. The molecule has 0 bridgehead atoms. The summed E-state index contributed by atoms with van der Waals surface area (Å²) in [6.07, 6.45) is 0. The molecule has 0 spiro atoms. The Balaban J connectivity index is 2.03. The van der Waals surface area contributed by atoms with Gasteiger partial charge in [-0.15, -0.1) is 0 Å². The first-order valence-electron chi connectivity index (χ1n) is 12.3. The van der Waals surface area contributed by atoms with Crippen LogP contribution in [-0.4, -0.2) is 44.8 Å². The van der Waals surface area contributed by atoms with Crippen molar-refractivity contribution in [3.8, 4) is 0 Å². The molecule has 0 unspecified atom stereocenters. The van der Waals surface area contributed by atoms with E-state index in [0.29, 0.717) is 5.69 Å². The molecule has 1 atom stereocenters. The third kappa shape index (κ3) is 6.77. The molecule has 0 saturated carbocycles. The Hall–Kier alpha value is -3.65. The molecule has 196 valence electrons. The molecule has 8 heteroatoms. The summed E-state index contributed by atoms with van der Waals surface area (Å²) in [6.45, 7) is 7.42. The topological polar surface area (TPSA) is 86.8 Å². The molecule has 3 aromatic carbocycles. The molecule has 1 N–H and O–H groups in total. The highest BCUT2D eigenvalue weighted by Gasteiger charge is 2.32. The fraction of sp³-hybridized carbons (Fsp3) is 0.310. The van der Waals surface area contributed by atoms with E-state index in [1.54, 1.807) is 37.3 Å². The SMILES string of the molecule is CNC(=O)[C@@H](C)N(Cc1cccc(C)c1)C(=O)CN(c1ccc(C(C)C)cc1)S(=O)(=O)c1ccccc1. The second kappa shape index (κ2) is 12.1. The average Bonchev–Trinajstić information content (AvgIpc) is 2.89. The first-order valence-corrected chi connectivity index (χ1v) is 13.7. The van der Waals surface area contributed by atoms with Crippen molar-refractivity contribution in [3.63, 3.8) is 0 Å². The van der Waals surface area contributed by atoms with E-state index in [1.165, 1.54) is 24.1 Å². The molecule has 2 amide bonds. The van der Waals surface area contributed by atoms with Crippen molar-refractivity contribution in [1.82, 2.24) is 10.2 Å². The Morgan fingerprint density at radius 3 is 2.11 bits per heavy atom. The van der Waals surface area contributed by atoms with Crippen LogP contribution in [0.2, 0.25) is 0 Å². The second-order valence-corrected chi connectivity index (χ2v) is 11.2. The largest absolute Gasteiger partial charge is 0.357 e. The number of amides is 2. The van der Waals surface area contributed by atoms with Gasteiger partial charge in [-0.05, 0) is 55.2 Å². The summed E-state index contributed by atoms with van der Waals surface area (Å²) in [6, 6.07) is 22.1. The number of nitrogens with one attached hydrogen (secondary N) is 1. The Kier molecular flexibility index (Phi) is 9.10. The number of anilines is 1. The first-order chi connectivity index (χ1) is 17.5. The summed E-state index contributed by atoms with van der Waals surface area (Å²) in [5.74, 6) is -0.544. The number of hydrogen-bond acceptors (Lipinski definition) is 4. The summed E-state index contributed by atoms with van der Waals surface area (Å²) in [5, 5.41) is 2.59. The summed E-state index contributed by atoms with van der Waals surface area (Å²) >= 11 is 0. The Bertz CT molecular complexity index is 1320. The maximum Gasteiger partial charge on any atom is 0.264 e. The standard InChI is InChI=1S/C29H35N3O4S/c1-21(2)25-14-16-26(17-15-25)32(37(35,36)27-12-7-6-8-13-27)20-28(33)31(23(4)29(34)30-5)19-24-11-9-10-22(3)18-24/h6-18,21,23H,19-20H2,1-5H3,(H,30,34)/t23-/m1/s1. The van der Waals surface area contributed by atoms with Crippen LogP contribution in [-0.2, 0) is 26.2 Å². The van der Waals surface area contributed by atoms with Crippen LogP contribution in [0.15, 0.2) is 83.8 Å². The van der Waals surface area contributed by atoms with Crippen molar-refractivity contribution < 1.29 is 18.0 Å². The van der Waals surface area contributed by atoms with Crippen molar-refractivity contribution in [2.45, 2.75) is 51.1 Å². The highest BCUT2D eigenvalue weighted by Crippen LogP contribution is 2.26. The first kappa shape index (κ1) is 27.9. The van der Waals surface area contributed by atoms with Gasteiger partial charge in [0.25, 0.3) is 10.0 Å². The molecule has 0 aliphatic heterocycles. The lowest BCUT2D eigenvalue weighted by molar-refractivity contribution is -0.139. The lowest BCUT2D eigenvalue weighted by Crippen LogP contribution is -2.50. The van der Waals surface area contributed by atoms with Crippen molar-refractivity contribution >= 4 is 27.5 Å². The molecule has 3 aromatic rings. The summed E-state index contributed by atoms with van der Waals surface area (Å²) in [5.41, 5.74) is 3.31. The van der Waals surface area contributed by atoms with Gasteiger partial charge in [0.15, 0.2) is 0 Å². The van der Waals surface area contributed by atoms with Gasteiger partial charge in [-0.2, -0.15) is 0 Å². The van der Waals surface area contributed by atoms with Crippen molar-refractivity contribution in [2.24, 2.45) is 0 Å². The van der Waals surface area contributed by atoms with E-state index >= 15 is 0 Å². The summed E-state index contributed by atoms with van der Waals surface area (Å²) in [4.78, 5) is 27.8. The van der Waals surface area contributed by atoms with Crippen LogP contribution in [0, 0.1) is 6.92 Å². The van der Waals surface area contributed by atoms with Crippen LogP contribution < -0.4 is 9.62 Å². The monoisotopic (exact) mass is 521 g/mol. The van der Waals surface area contributed by atoms with E-state index in [-0.39, 0.29) is 23.3 Å². The van der Waals surface area contributed by atoms with Gasteiger partial charge in [0, 0.05) is 13.6 Å². The third-order valence-electron chi connectivity index (χ3n) is 6.31. The summed E-state index contributed by atoms with van der Waals surface area (Å²) in [7, 11) is -2.55. The second-order valence-electron chi connectivity index (χ2n) is 9.37. The molecule has 0 radical (unpaired) electrons. The molecule has 7 nitrogen and oxygen atoms in total. The average molecular weight is 522 g/mol. The van der Waals surface area contributed by atoms with Gasteiger partial charge in [-0.25, -0.2) is 8.42 Å². The van der Waals surface area contributed by atoms with Crippen LogP contribution in [0.4, 0.5) is 5.69 Å². The number of hydrogen-bond donors (Lipinski definition) is 1. The zero-order valence-corrected chi connectivity index (χ0v) is 22.8. The smallest absolute Gasteiger partial charge is 0.264 e. The predicted molar refractivity (Wildman–Crippen MR) is 147 cm³/mol. The number of benzene rings is 3. The van der Waals surface area contributed by atoms with Crippen LogP contribution in [0.3, 0.4) is 0 Å². The number of aryl methyl sites for hydroxylation is 1. The van der Waals surface area contributed by atoms with Crippen LogP contribution >= 0.6 is 0 Å². The molecule has 0 heterocycles. The Morgan fingerprint density at radius 2 is 1.54 bits per heavy atom. The molecule has 37 heavy (non-hydrogen) atoms. The molecule has 3 rings (SSSR count). The van der Waals surface area contributed by atoms with Gasteiger partial charge in [0.1, 0.15) is 12.6 Å². The van der Waals surface area contributed by atoms with Gasteiger partial charge in [-0.3, -0.25) is 13.9 Å². The van der Waals surface area contributed by atoms with E-state index in [4.69, 9.17) is 0 Å². The zero-order chi connectivity index (χ0) is 27.2.